The highest BCUT2D eigenvalue weighted by Gasteiger charge is 2.11. The summed E-state index contributed by atoms with van der Waals surface area (Å²) in [5.41, 5.74) is 4.32. The minimum absolute atomic E-state index is 0.283. The summed E-state index contributed by atoms with van der Waals surface area (Å²) in [5, 5.41) is 11.8. The maximum Gasteiger partial charge on any atom is 0.115 e. The highest BCUT2D eigenvalue weighted by molar-refractivity contribution is 6.07. The lowest BCUT2D eigenvalue weighted by molar-refractivity contribution is 0.475. The number of hydrogen-bond acceptors (Lipinski definition) is 2. The van der Waals surface area contributed by atoms with Crippen LogP contribution in [0.5, 0.6) is 5.75 Å². The lowest BCUT2D eigenvalue weighted by Gasteiger charge is -2.05. The average molecular weight is 311 g/mol. The van der Waals surface area contributed by atoms with Crippen molar-refractivity contribution in [2.24, 2.45) is 4.99 Å². The number of aliphatic imine (C=N–C) groups is 1. The number of fused-ring (bicyclic) bond motifs is 1. The quantitative estimate of drug-likeness (QED) is 0.686. The van der Waals surface area contributed by atoms with E-state index in [-0.39, 0.29) is 5.75 Å². The van der Waals surface area contributed by atoms with Gasteiger partial charge in [-0.25, -0.2) is 0 Å². The van der Waals surface area contributed by atoms with E-state index in [9.17, 15) is 5.11 Å². The number of rotatable bonds is 3. The Morgan fingerprint density at radius 3 is 2.50 bits per heavy atom. The molecule has 0 bridgehead atoms. The molecule has 0 radical (unpaired) electrons. The summed E-state index contributed by atoms with van der Waals surface area (Å²) in [6.45, 7) is 0. The molecule has 0 aromatic heterocycles. The van der Waals surface area contributed by atoms with Gasteiger partial charge in [0, 0.05) is 17.7 Å². The maximum absolute atomic E-state index is 9.33. The third-order valence-corrected chi connectivity index (χ3v) is 4.20. The molecule has 3 aromatic carbocycles. The van der Waals surface area contributed by atoms with Crippen LogP contribution in [-0.2, 0) is 0 Å². The molecule has 1 N–H and O–H groups in total. The van der Waals surface area contributed by atoms with Crippen molar-refractivity contribution in [2.75, 3.05) is 0 Å². The fraction of sp³-hybridized carbons (Fsp3) is 0.0455. The van der Waals surface area contributed by atoms with E-state index in [1.54, 1.807) is 12.1 Å². The second kappa shape index (κ2) is 6.17. The molecule has 2 heteroatoms. The zero-order valence-electron chi connectivity index (χ0n) is 13.2. The molecule has 0 saturated heterocycles. The van der Waals surface area contributed by atoms with Gasteiger partial charge in [0.25, 0.3) is 0 Å². The van der Waals surface area contributed by atoms with Crippen LogP contribution in [0.4, 0.5) is 0 Å². The first-order valence-corrected chi connectivity index (χ1v) is 8.02. The molecule has 0 saturated carbocycles. The molecular weight excluding hydrogens is 294 g/mol. The first-order chi connectivity index (χ1) is 11.8. The van der Waals surface area contributed by atoms with Gasteiger partial charge in [-0.15, -0.1) is 0 Å². The Bertz CT molecular complexity index is 973. The summed E-state index contributed by atoms with van der Waals surface area (Å²) in [5.74, 6) is 0.283. The van der Waals surface area contributed by atoms with Gasteiger partial charge in [-0.1, -0.05) is 66.7 Å². The van der Waals surface area contributed by atoms with Crippen LogP contribution in [-0.4, -0.2) is 10.8 Å². The van der Waals surface area contributed by atoms with Crippen molar-refractivity contribution in [3.63, 3.8) is 0 Å². The van der Waals surface area contributed by atoms with E-state index in [2.05, 4.69) is 48.5 Å². The molecule has 0 spiro atoms. The van der Waals surface area contributed by atoms with Crippen LogP contribution < -0.4 is 0 Å². The summed E-state index contributed by atoms with van der Waals surface area (Å²) in [4.78, 5) is 4.78. The van der Waals surface area contributed by atoms with Crippen LogP contribution in [0.3, 0.4) is 0 Å². The second-order valence-corrected chi connectivity index (χ2v) is 5.85. The molecular formula is C22H17NO. The fourth-order valence-electron chi connectivity index (χ4n) is 2.95. The number of hydrogen-bond donors (Lipinski definition) is 1. The number of aromatic hydroxyl groups is 1. The van der Waals surface area contributed by atoms with Crippen molar-refractivity contribution in [3.05, 3.63) is 90.0 Å². The summed E-state index contributed by atoms with van der Waals surface area (Å²) in [6.07, 6.45) is 7.09. The van der Waals surface area contributed by atoms with E-state index < -0.39 is 0 Å². The topological polar surface area (TPSA) is 32.6 Å². The van der Waals surface area contributed by atoms with E-state index in [0.29, 0.717) is 0 Å². The van der Waals surface area contributed by atoms with Gasteiger partial charge in [-0.2, -0.15) is 0 Å². The monoisotopic (exact) mass is 311 g/mol. The Kier molecular flexibility index (Phi) is 3.72. The lowest BCUT2D eigenvalue weighted by Crippen LogP contribution is -1.86. The van der Waals surface area contributed by atoms with Crippen LogP contribution in [0.1, 0.15) is 17.5 Å². The van der Waals surface area contributed by atoms with E-state index in [1.165, 1.54) is 16.3 Å². The number of benzene rings is 3. The van der Waals surface area contributed by atoms with Crippen molar-refractivity contribution in [1.29, 1.82) is 0 Å². The third-order valence-electron chi connectivity index (χ3n) is 4.20. The van der Waals surface area contributed by atoms with Crippen LogP contribution in [0, 0.1) is 0 Å². The van der Waals surface area contributed by atoms with E-state index >= 15 is 0 Å². The van der Waals surface area contributed by atoms with Gasteiger partial charge in [0.15, 0.2) is 0 Å². The first kappa shape index (κ1) is 14.5. The smallest absolute Gasteiger partial charge is 0.115 e. The van der Waals surface area contributed by atoms with E-state index in [4.69, 9.17) is 4.99 Å². The highest BCUT2D eigenvalue weighted by Crippen LogP contribution is 2.29. The standard InChI is InChI=1S/C22H17NO/c24-19-13-9-16(10-14-19)8-11-18-12-15-22(23-18)21-7-3-5-17-4-1-2-6-20(17)21/h1-11,13-15,24H,12H2/b11-8+. The van der Waals surface area contributed by atoms with Gasteiger partial charge < -0.3 is 5.11 Å². The second-order valence-electron chi connectivity index (χ2n) is 5.85. The molecule has 1 heterocycles. The lowest BCUT2D eigenvalue weighted by atomic mass is 10.0. The minimum atomic E-state index is 0.283. The Labute approximate surface area is 141 Å². The maximum atomic E-state index is 9.33. The molecule has 0 unspecified atom stereocenters. The summed E-state index contributed by atoms with van der Waals surface area (Å²) >= 11 is 0. The first-order valence-electron chi connectivity index (χ1n) is 8.02. The predicted octanol–water partition coefficient (Wildman–Crippen LogP) is 5.44. The van der Waals surface area contributed by atoms with Gasteiger partial charge in [0.2, 0.25) is 0 Å². The average Bonchev–Trinajstić information content (AvgIpc) is 3.09. The largest absolute Gasteiger partial charge is 0.508 e. The molecule has 116 valence electrons. The van der Waals surface area contributed by atoms with Crippen LogP contribution in [0.25, 0.3) is 22.5 Å². The number of phenols is 1. The Morgan fingerprint density at radius 1 is 0.833 bits per heavy atom. The van der Waals surface area contributed by atoms with Crippen molar-refractivity contribution >= 4 is 28.3 Å². The molecule has 1 aliphatic heterocycles. The third kappa shape index (κ3) is 2.86. The van der Waals surface area contributed by atoms with Crippen molar-refractivity contribution in [1.82, 2.24) is 0 Å². The number of phenolic OH excluding ortho intramolecular Hbond substituents is 1. The molecule has 2 nitrogen and oxygen atoms in total. The Hall–Kier alpha value is -3.13. The van der Waals surface area contributed by atoms with E-state index in [0.717, 1.165) is 23.4 Å². The number of allylic oxidation sites excluding steroid dienone is 2. The van der Waals surface area contributed by atoms with E-state index in [1.807, 2.05) is 24.3 Å². The summed E-state index contributed by atoms with van der Waals surface area (Å²) in [7, 11) is 0. The van der Waals surface area contributed by atoms with Crippen molar-refractivity contribution < 1.29 is 5.11 Å². The fourth-order valence-corrected chi connectivity index (χ4v) is 2.95. The molecule has 0 aliphatic carbocycles. The predicted molar refractivity (Wildman–Crippen MR) is 101 cm³/mol. The minimum Gasteiger partial charge on any atom is -0.508 e. The zero-order valence-corrected chi connectivity index (χ0v) is 13.2. The van der Waals surface area contributed by atoms with Gasteiger partial charge in [0.05, 0.1) is 5.70 Å². The van der Waals surface area contributed by atoms with Gasteiger partial charge in [-0.3, -0.25) is 4.99 Å². The molecule has 24 heavy (non-hydrogen) atoms. The van der Waals surface area contributed by atoms with Gasteiger partial charge in [-0.05, 0) is 34.5 Å². The zero-order chi connectivity index (χ0) is 16.4. The van der Waals surface area contributed by atoms with Gasteiger partial charge in [0.1, 0.15) is 5.75 Å². The Balaban J connectivity index is 1.61. The molecule has 1 aliphatic rings. The van der Waals surface area contributed by atoms with Crippen LogP contribution in [0.15, 0.2) is 83.9 Å². The highest BCUT2D eigenvalue weighted by atomic mass is 16.3. The summed E-state index contributed by atoms with van der Waals surface area (Å²) in [6, 6.07) is 21.9. The molecule has 0 atom stereocenters. The SMILES string of the molecule is Oc1ccc(/C=C/C2=NC(c3cccc4ccccc34)=CC2)cc1. The molecule has 0 amide bonds. The summed E-state index contributed by atoms with van der Waals surface area (Å²) < 4.78 is 0. The Morgan fingerprint density at radius 2 is 1.62 bits per heavy atom. The number of nitrogens with zero attached hydrogens (tertiary/aromatic N) is 1. The normalized spacial score (nSPS) is 14.2. The van der Waals surface area contributed by atoms with Crippen molar-refractivity contribution in [3.8, 4) is 5.75 Å². The molecule has 0 fully saturated rings. The van der Waals surface area contributed by atoms with Gasteiger partial charge >= 0.3 is 0 Å². The molecule has 3 aromatic rings. The van der Waals surface area contributed by atoms with Crippen LogP contribution >= 0.6 is 0 Å². The van der Waals surface area contributed by atoms with Crippen LogP contribution in [0.2, 0.25) is 0 Å². The molecule has 4 rings (SSSR count). The van der Waals surface area contributed by atoms with Crippen molar-refractivity contribution in [2.45, 2.75) is 6.42 Å².